The summed E-state index contributed by atoms with van der Waals surface area (Å²) in [5.74, 6) is -6.26. The van der Waals surface area contributed by atoms with Gasteiger partial charge in [-0.3, -0.25) is 9.59 Å². The number of carbonyl (C=O) groups excluding carboxylic acids is 2. The van der Waals surface area contributed by atoms with Crippen LogP contribution < -0.4 is 5.32 Å². The molecule has 1 aromatic rings. The molecule has 0 bridgehead atoms. The van der Waals surface area contributed by atoms with Gasteiger partial charge < -0.3 is 10.2 Å². The van der Waals surface area contributed by atoms with Crippen molar-refractivity contribution in [3.63, 3.8) is 0 Å². The van der Waals surface area contributed by atoms with Crippen molar-refractivity contribution in [1.29, 1.82) is 0 Å². The first-order valence-corrected chi connectivity index (χ1v) is 7.82. The molecule has 1 aromatic carbocycles. The van der Waals surface area contributed by atoms with Gasteiger partial charge in [0, 0.05) is 12.1 Å². The molecule has 0 aromatic heterocycles. The molecule has 1 aliphatic heterocycles. The molecule has 1 aliphatic rings. The molecule has 26 heavy (non-hydrogen) atoms. The van der Waals surface area contributed by atoms with Crippen LogP contribution in [0.5, 0.6) is 0 Å². The second-order valence-electron chi connectivity index (χ2n) is 5.90. The molecule has 9 heteroatoms. The zero-order chi connectivity index (χ0) is 19.5. The molecule has 0 aliphatic carbocycles. The first-order valence-electron chi connectivity index (χ1n) is 7.82. The van der Waals surface area contributed by atoms with E-state index in [0.29, 0.717) is 6.54 Å². The third-order valence-electron chi connectivity index (χ3n) is 4.15. The van der Waals surface area contributed by atoms with Gasteiger partial charge in [0.15, 0.2) is 0 Å². The fourth-order valence-electron chi connectivity index (χ4n) is 2.74. The Morgan fingerprint density at radius 3 is 2.35 bits per heavy atom. The Balaban J connectivity index is 2.04. The van der Waals surface area contributed by atoms with Gasteiger partial charge in [0.2, 0.25) is 5.91 Å². The number of nitrogens with one attached hydrogen (secondary N) is 1. The lowest BCUT2D eigenvalue weighted by Crippen LogP contribution is -2.46. The fourth-order valence-corrected chi connectivity index (χ4v) is 2.74. The van der Waals surface area contributed by atoms with Gasteiger partial charge in [0.25, 0.3) is 5.91 Å². The van der Waals surface area contributed by atoms with E-state index in [4.69, 9.17) is 0 Å². The van der Waals surface area contributed by atoms with E-state index in [-0.39, 0.29) is 17.5 Å². The Morgan fingerprint density at radius 2 is 1.81 bits per heavy atom. The number of halogens is 5. The molecule has 1 saturated heterocycles. The van der Waals surface area contributed by atoms with Gasteiger partial charge in [-0.2, -0.15) is 22.0 Å². The van der Waals surface area contributed by atoms with Crippen molar-refractivity contribution in [2.45, 2.75) is 31.0 Å². The zero-order valence-electron chi connectivity index (χ0n) is 13.7. The van der Waals surface area contributed by atoms with Crippen molar-refractivity contribution in [2.24, 2.45) is 0 Å². The molecule has 1 heterocycles. The molecule has 2 rings (SSSR count). The maximum absolute atomic E-state index is 12.8. The highest BCUT2D eigenvalue weighted by atomic mass is 19.4. The number of nitrogens with zero attached hydrogens (tertiary/aromatic N) is 1. The number of amides is 2. The quantitative estimate of drug-likeness (QED) is 0.632. The normalized spacial score (nSPS) is 17.9. The second-order valence-corrected chi connectivity index (χ2v) is 5.90. The number of likely N-dealkylation sites (tertiary alicyclic amines) is 1. The largest absolute Gasteiger partial charge is 0.455 e. The van der Waals surface area contributed by atoms with Crippen LogP contribution in [0.4, 0.5) is 22.0 Å². The van der Waals surface area contributed by atoms with Crippen LogP contribution in [0, 0.1) is 0 Å². The number of hydrogen-bond acceptors (Lipinski definition) is 2. The molecular formula is C17H17F5N2O2. The van der Waals surface area contributed by atoms with E-state index in [1.165, 1.54) is 18.2 Å². The van der Waals surface area contributed by atoms with Gasteiger partial charge in [-0.25, -0.2) is 0 Å². The smallest absolute Gasteiger partial charge is 0.346 e. The first-order chi connectivity index (χ1) is 12.1. The lowest BCUT2D eigenvalue weighted by molar-refractivity contribution is -0.278. The maximum Gasteiger partial charge on any atom is 0.455 e. The van der Waals surface area contributed by atoms with Crippen molar-refractivity contribution in [3.8, 4) is 0 Å². The predicted molar refractivity (Wildman–Crippen MR) is 83.7 cm³/mol. The van der Waals surface area contributed by atoms with Gasteiger partial charge in [-0.15, -0.1) is 0 Å². The minimum atomic E-state index is -5.73. The Labute approximate surface area is 146 Å². The lowest BCUT2D eigenvalue weighted by atomic mass is 10.0. The van der Waals surface area contributed by atoms with Crippen molar-refractivity contribution in [1.82, 2.24) is 10.2 Å². The van der Waals surface area contributed by atoms with Gasteiger partial charge in [0.05, 0.1) is 12.6 Å². The summed E-state index contributed by atoms with van der Waals surface area (Å²) >= 11 is 0. The highest BCUT2D eigenvalue weighted by Crippen LogP contribution is 2.35. The third kappa shape index (κ3) is 4.20. The highest BCUT2D eigenvalue weighted by Gasteiger charge is 2.57. The molecule has 0 radical (unpaired) electrons. The van der Waals surface area contributed by atoms with Crippen LogP contribution in [0.25, 0.3) is 0 Å². The minimum absolute atomic E-state index is 0.0497. The predicted octanol–water partition coefficient (Wildman–Crippen LogP) is 3.46. The van der Waals surface area contributed by atoms with Gasteiger partial charge in [0.1, 0.15) is 0 Å². The summed E-state index contributed by atoms with van der Waals surface area (Å²) in [7, 11) is 0. The zero-order valence-corrected chi connectivity index (χ0v) is 13.7. The Bertz CT molecular complexity index is 685. The first kappa shape index (κ1) is 19.9. The number of benzene rings is 1. The summed E-state index contributed by atoms with van der Waals surface area (Å²) in [4.78, 5) is 25.2. The summed E-state index contributed by atoms with van der Waals surface area (Å²) < 4.78 is 62.0. The number of hydrogen-bond donors (Lipinski definition) is 1. The Kier molecular flexibility index (Phi) is 5.68. The van der Waals surface area contributed by atoms with E-state index in [1.807, 2.05) is 0 Å². The van der Waals surface area contributed by atoms with Crippen LogP contribution in [0.15, 0.2) is 36.9 Å². The molecule has 2 amide bonds. The van der Waals surface area contributed by atoms with Crippen LogP contribution in [-0.2, 0) is 4.79 Å². The van der Waals surface area contributed by atoms with Crippen LogP contribution in [0.2, 0.25) is 0 Å². The van der Waals surface area contributed by atoms with Crippen LogP contribution >= 0.6 is 0 Å². The summed E-state index contributed by atoms with van der Waals surface area (Å²) in [6, 6.07) is 5.57. The molecule has 4 nitrogen and oxygen atoms in total. The SMILES string of the molecule is C=CC(=O)N1CCCC1c1ccc(C(=O)NCC(F)(F)C(F)(F)F)cc1. The van der Waals surface area contributed by atoms with E-state index < -0.39 is 24.6 Å². The minimum Gasteiger partial charge on any atom is -0.346 e. The molecule has 1 unspecified atom stereocenters. The van der Waals surface area contributed by atoms with Crippen LogP contribution in [-0.4, -0.2) is 41.9 Å². The number of alkyl halides is 5. The molecular weight excluding hydrogens is 359 g/mol. The topological polar surface area (TPSA) is 49.4 Å². The summed E-state index contributed by atoms with van der Waals surface area (Å²) in [5, 5.41) is 1.58. The summed E-state index contributed by atoms with van der Waals surface area (Å²) in [5.41, 5.74) is 0.696. The van der Waals surface area contributed by atoms with E-state index in [9.17, 15) is 31.5 Å². The van der Waals surface area contributed by atoms with Crippen molar-refractivity contribution >= 4 is 11.8 Å². The summed E-state index contributed by atoms with van der Waals surface area (Å²) in [6.07, 6.45) is -2.99. The summed E-state index contributed by atoms with van der Waals surface area (Å²) in [6.45, 7) is 2.18. The number of carbonyl (C=O) groups is 2. The standard InChI is InChI=1S/C17H17F5N2O2/c1-2-14(25)24-9-3-4-13(24)11-5-7-12(8-6-11)15(26)23-10-16(18,19)17(20,21)22/h2,5-8,13H,1,3-4,9-10H2,(H,23,26). The van der Waals surface area contributed by atoms with Gasteiger partial charge >= 0.3 is 12.1 Å². The molecule has 1 N–H and O–H groups in total. The van der Waals surface area contributed by atoms with E-state index in [2.05, 4.69) is 6.58 Å². The molecule has 142 valence electrons. The molecule has 0 saturated carbocycles. The average molecular weight is 376 g/mol. The second kappa shape index (κ2) is 7.43. The van der Waals surface area contributed by atoms with E-state index >= 15 is 0 Å². The molecule has 1 atom stereocenters. The van der Waals surface area contributed by atoms with E-state index in [1.54, 1.807) is 22.3 Å². The maximum atomic E-state index is 12.8. The Morgan fingerprint density at radius 1 is 1.19 bits per heavy atom. The fraction of sp³-hybridized carbons (Fsp3) is 0.412. The van der Waals surface area contributed by atoms with Crippen molar-refractivity contribution in [3.05, 3.63) is 48.0 Å². The van der Waals surface area contributed by atoms with Gasteiger partial charge in [-0.05, 0) is 36.6 Å². The van der Waals surface area contributed by atoms with E-state index in [0.717, 1.165) is 18.4 Å². The molecule has 1 fully saturated rings. The average Bonchev–Trinajstić information content (AvgIpc) is 3.08. The van der Waals surface area contributed by atoms with Crippen molar-refractivity contribution < 1.29 is 31.5 Å². The lowest BCUT2D eigenvalue weighted by Gasteiger charge is -2.24. The Hall–Kier alpha value is -2.45. The highest BCUT2D eigenvalue weighted by molar-refractivity contribution is 5.94. The van der Waals surface area contributed by atoms with Crippen LogP contribution in [0.3, 0.4) is 0 Å². The monoisotopic (exact) mass is 376 g/mol. The number of rotatable bonds is 5. The van der Waals surface area contributed by atoms with Crippen LogP contribution in [0.1, 0.15) is 34.8 Å². The third-order valence-corrected chi connectivity index (χ3v) is 4.15. The molecule has 0 spiro atoms. The van der Waals surface area contributed by atoms with Crippen molar-refractivity contribution in [2.75, 3.05) is 13.1 Å². The van der Waals surface area contributed by atoms with Gasteiger partial charge in [-0.1, -0.05) is 18.7 Å².